The molecular formula is C47H68N12O11S2. The number of aromatic amines is 1. The number of para-hydroxylation sites is 1. The van der Waals surface area contributed by atoms with Crippen LogP contribution >= 0.6 is 21.6 Å². The minimum absolute atomic E-state index is 0.00685. The Labute approximate surface area is 425 Å². The van der Waals surface area contributed by atoms with E-state index < -0.39 is 120 Å². The molecule has 72 heavy (non-hydrogen) atoms. The first kappa shape index (κ1) is 55.4. The molecule has 8 atom stereocenters. The Morgan fingerprint density at radius 2 is 1.51 bits per heavy atom. The molecule has 2 bridgehead atoms. The topological polar surface area (TPSA) is 330 Å². The predicted molar refractivity (Wildman–Crippen MR) is 268 cm³/mol. The molecule has 11 N–H and O–H groups in total. The number of unbranched alkanes of at least 4 members (excludes halogenated alkanes) is 1. The van der Waals surface area contributed by atoms with Gasteiger partial charge in [-0.05, 0) is 96.5 Å². The van der Waals surface area contributed by atoms with Gasteiger partial charge in [-0.15, -0.1) is 0 Å². The summed E-state index contributed by atoms with van der Waals surface area (Å²) >= 11 is 0. The van der Waals surface area contributed by atoms with Crippen molar-refractivity contribution in [1.82, 2.24) is 51.6 Å². The Kier molecular flexibility index (Phi) is 20.5. The highest BCUT2D eigenvalue weighted by atomic mass is 33.1. The maximum absolute atomic E-state index is 14.5. The molecule has 5 heterocycles. The molecule has 4 aliphatic rings. The highest BCUT2D eigenvalue weighted by Crippen LogP contribution is 2.25. The number of carbonyl (C=O) groups is 10. The van der Waals surface area contributed by atoms with Crippen molar-refractivity contribution in [2.45, 2.75) is 125 Å². The van der Waals surface area contributed by atoms with Gasteiger partial charge in [-0.2, -0.15) is 0 Å². The van der Waals surface area contributed by atoms with Crippen molar-refractivity contribution >= 4 is 91.6 Å². The molecule has 0 spiro atoms. The number of fused-ring (bicyclic) bond motifs is 9. The van der Waals surface area contributed by atoms with Crippen LogP contribution in [0.15, 0.2) is 30.5 Å². The number of hydrogen-bond donors (Lipinski definition) is 9. The molecule has 0 unspecified atom stereocenters. The van der Waals surface area contributed by atoms with Gasteiger partial charge >= 0.3 is 5.97 Å². The van der Waals surface area contributed by atoms with E-state index in [1.165, 1.54) is 20.6 Å². The van der Waals surface area contributed by atoms with Crippen LogP contribution in [0.25, 0.3) is 10.9 Å². The number of cyclic esters (lactones) is 1. The molecule has 25 heteroatoms. The van der Waals surface area contributed by atoms with Gasteiger partial charge in [0.1, 0.15) is 42.3 Å². The van der Waals surface area contributed by atoms with Crippen LogP contribution < -0.4 is 43.4 Å². The molecule has 2 aromatic rings. The van der Waals surface area contributed by atoms with Crippen molar-refractivity contribution in [2.75, 3.05) is 58.4 Å². The van der Waals surface area contributed by atoms with Crippen LogP contribution in [-0.4, -0.2) is 186 Å². The third-order valence-corrected chi connectivity index (χ3v) is 15.6. The number of aromatic nitrogens is 1. The fourth-order valence-corrected chi connectivity index (χ4v) is 11.5. The first-order valence-corrected chi connectivity index (χ1v) is 27.0. The number of hydrogen-bond acceptors (Lipinski definition) is 15. The van der Waals surface area contributed by atoms with E-state index in [1.807, 2.05) is 43.3 Å². The summed E-state index contributed by atoms with van der Waals surface area (Å²) in [6.07, 6.45) is 3.99. The summed E-state index contributed by atoms with van der Waals surface area (Å²) in [6.45, 7) is 0.282. The van der Waals surface area contributed by atoms with Gasteiger partial charge in [-0.3, -0.25) is 43.2 Å². The molecule has 1 aromatic heterocycles. The zero-order chi connectivity index (χ0) is 51.9. The van der Waals surface area contributed by atoms with Crippen LogP contribution in [0.2, 0.25) is 0 Å². The first-order chi connectivity index (χ1) is 34.5. The van der Waals surface area contributed by atoms with E-state index in [1.54, 1.807) is 6.20 Å². The second-order valence-electron chi connectivity index (χ2n) is 18.8. The van der Waals surface area contributed by atoms with Gasteiger partial charge in [0.25, 0.3) is 5.91 Å². The number of ether oxygens (including phenoxy) is 1. The van der Waals surface area contributed by atoms with Gasteiger partial charge in [0.2, 0.25) is 47.3 Å². The van der Waals surface area contributed by atoms with Gasteiger partial charge in [0.05, 0.1) is 12.5 Å². The molecule has 4 saturated heterocycles. The van der Waals surface area contributed by atoms with Crippen molar-refractivity contribution in [3.8, 4) is 0 Å². The third-order valence-electron chi connectivity index (χ3n) is 13.2. The van der Waals surface area contributed by atoms with Gasteiger partial charge in [-0.25, -0.2) is 4.79 Å². The van der Waals surface area contributed by atoms with Crippen molar-refractivity contribution in [1.29, 1.82) is 0 Å². The molecule has 394 valence electrons. The number of nitrogens with one attached hydrogen (secondary N) is 7. The van der Waals surface area contributed by atoms with Gasteiger partial charge in [-0.1, -0.05) is 39.8 Å². The number of rotatable bonds is 9. The normalized spacial score (nSPS) is 27.4. The summed E-state index contributed by atoms with van der Waals surface area (Å²) in [6, 6.07) is -2.66. The van der Waals surface area contributed by atoms with E-state index >= 15 is 0 Å². The Morgan fingerprint density at radius 3 is 2.29 bits per heavy atom. The maximum atomic E-state index is 14.5. The van der Waals surface area contributed by atoms with E-state index in [2.05, 4.69) is 36.9 Å². The Bertz CT molecular complexity index is 2320. The Balaban J connectivity index is 1.40. The summed E-state index contributed by atoms with van der Waals surface area (Å²) in [5.41, 5.74) is 13.3. The standard InChI is InChI=1S/C47H68N12O11S2/c1-57(2)18-8-6-14-31-43(65)56-34(21-27-23-51-30-12-4-3-11-28(27)30)47(69)70-24-39(61)58-19-10-16-37(58)45(67)54-32-13-5-7-17-50-41(63)29(48)25-71-72-26-35(44(66)53-31)52-38(60)22-33(55-42(32)64)46(68)59-20-9-15-36(59)40(49)62/h3-4,11-12,23,29,31-37,51H,5-10,13-22,24-26,48H2,1-2H3,(H2,49,62)(H,50,63)(H,52,60)(H,53,66)(H,54,67)(H,55,64)(H,56,65)/t29-,31-,32-,33-,34-,35-,36-,37-/m0/s1. The lowest BCUT2D eigenvalue weighted by Crippen LogP contribution is -2.60. The van der Waals surface area contributed by atoms with Crippen LogP contribution in [-0.2, 0) is 59.1 Å². The molecule has 0 aliphatic carbocycles. The molecular weight excluding hydrogens is 973 g/mol. The highest BCUT2D eigenvalue weighted by molar-refractivity contribution is 8.76. The largest absolute Gasteiger partial charge is 0.454 e. The van der Waals surface area contributed by atoms with Crippen molar-refractivity contribution in [2.24, 2.45) is 11.5 Å². The van der Waals surface area contributed by atoms with Crippen LogP contribution in [0.3, 0.4) is 0 Å². The number of nitrogens with zero attached hydrogens (tertiary/aromatic N) is 3. The molecule has 9 amide bonds. The number of nitrogens with two attached hydrogens (primary N) is 2. The number of H-pyrrole nitrogens is 1. The second-order valence-corrected chi connectivity index (χ2v) is 21.4. The monoisotopic (exact) mass is 1040 g/mol. The first-order valence-electron chi connectivity index (χ1n) is 24.5. The number of likely N-dealkylation sites (tertiary alicyclic amines) is 1. The highest BCUT2D eigenvalue weighted by Gasteiger charge is 2.41. The number of esters is 1. The average Bonchev–Trinajstić information content (AvgIpc) is 4.14. The van der Waals surface area contributed by atoms with E-state index in [0.717, 1.165) is 21.7 Å². The average molecular weight is 1040 g/mol. The molecule has 4 fully saturated rings. The minimum atomic E-state index is -1.61. The number of primary amides is 1. The number of carbonyl (C=O) groups excluding carboxylic acids is 10. The van der Waals surface area contributed by atoms with Crippen molar-refractivity contribution in [3.05, 3.63) is 36.0 Å². The quantitative estimate of drug-likeness (QED) is 0.0768. The van der Waals surface area contributed by atoms with E-state index in [9.17, 15) is 47.9 Å². The second kappa shape index (κ2) is 26.7. The van der Waals surface area contributed by atoms with Gasteiger partial charge in [0, 0.05) is 54.7 Å². The zero-order valence-corrected chi connectivity index (χ0v) is 42.4. The lowest BCUT2D eigenvalue weighted by Gasteiger charge is -2.30. The van der Waals surface area contributed by atoms with Gasteiger partial charge < -0.3 is 67.8 Å². The zero-order valence-electron chi connectivity index (χ0n) is 40.7. The van der Waals surface area contributed by atoms with E-state index in [0.29, 0.717) is 44.2 Å². The minimum Gasteiger partial charge on any atom is -0.454 e. The summed E-state index contributed by atoms with van der Waals surface area (Å²) in [5, 5.41) is 17.2. The summed E-state index contributed by atoms with van der Waals surface area (Å²) < 4.78 is 5.63. The Hall–Kier alpha value is -5.92. The fraction of sp³-hybridized carbons (Fsp3) is 0.617. The molecule has 4 aliphatic heterocycles. The lowest BCUT2D eigenvalue weighted by atomic mass is 10.0. The molecule has 0 saturated carbocycles. The molecule has 1 aromatic carbocycles. The fourth-order valence-electron chi connectivity index (χ4n) is 9.24. The van der Waals surface area contributed by atoms with Crippen molar-refractivity contribution in [3.63, 3.8) is 0 Å². The molecule has 23 nitrogen and oxygen atoms in total. The lowest BCUT2D eigenvalue weighted by molar-refractivity contribution is -0.155. The molecule has 6 rings (SSSR count). The Morgan fingerprint density at radius 1 is 0.778 bits per heavy atom. The van der Waals surface area contributed by atoms with Crippen LogP contribution in [0.4, 0.5) is 0 Å². The summed E-state index contributed by atoms with van der Waals surface area (Å²) in [5.74, 6) is -7.63. The van der Waals surface area contributed by atoms with Gasteiger partial charge in [0.15, 0.2) is 6.61 Å². The smallest absolute Gasteiger partial charge is 0.329 e. The van der Waals surface area contributed by atoms with Crippen LogP contribution in [0.5, 0.6) is 0 Å². The van der Waals surface area contributed by atoms with Crippen LogP contribution in [0.1, 0.15) is 76.2 Å². The SMILES string of the molecule is CN(C)CCCC[C@@H]1NC(=O)[C@@H]2CSSC[C@H](N)C(=O)NCCCC[C@H](NC(=O)[C@@H]3CCCN3C(=O)COC(=O)[C@H](Cc3c[nH]c4ccccc34)NC1=O)C(=O)N[C@H](C(=O)N1CCC[C@H]1C(N)=O)CC(=O)N2. The summed E-state index contributed by atoms with van der Waals surface area (Å²) in [4.78, 5) is 147. The number of amides is 9. The van der Waals surface area contributed by atoms with Crippen LogP contribution in [0, 0.1) is 0 Å². The van der Waals surface area contributed by atoms with E-state index in [-0.39, 0.29) is 69.7 Å². The van der Waals surface area contributed by atoms with E-state index in [4.69, 9.17) is 16.2 Å². The predicted octanol–water partition coefficient (Wildman–Crippen LogP) is -1.71. The van der Waals surface area contributed by atoms with Crippen molar-refractivity contribution < 1.29 is 52.7 Å². The maximum Gasteiger partial charge on any atom is 0.329 e. The third kappa shape index (κ3) is 15.3. The number of benzene rings is 1. The molecule has 0 radical (unpaired) electrons. The summed E-state index contributed by atoms with van der Waals surface area (Å²) in [7, 11) is 6.08.